The largest absolute Gasteiger partial charge is 0.481 e. The summed E-state index contributed by atoms with van der Waals surface area (Å²) in [6, 6.07) is 12.4. The molecule has 3 N–H and O–H groups in total. The zero-order valence-electron chi connectivity index (χ0n) is 18.3. The molecule has 1 unspecified atom stereocenters. The van der Waals surface area contributed by atoms with E-state index in [9.17, 15) is 19.5 Å². The van der Waals surface area contributed by atoms with Crippen LogP contribution in [0.5, 0.6) is 0 Å². The molecule has 0 bridgehead atoms. The minimum Gasteiger partial charge on any atom is -0.481 e. The molecular formula is C25H26ClN3O4. The first kappa shape index (κ1) is 24.2. The van der Waals surface area contributed by atoms with E-state index in [0.29, 0.717) is 34.6 Å². The molecule has 3 aromatic rings. The van der Waals surface area contributed by atoms with Crippen molar-refractivity contribution in [1.29, 1.82) is 0 Å². The van der Waals surface area contributed by atoms with Gasteiger partial charge < -0.3 is 10.4 Å². The molecule has 0 aliphatic heterocycles. The number of amides is 1. The lowest BCUT2D eigenvalue weighted by Gasteiger charge is -2.13. The number of anilines is 1. The fraction of sp³-hybridized carbons (Fsp3) is 0.280. The maximum absolute atomic E-state index is 12.5. The van der Waals surface area contributed by atoms with E-state index in [1.807, 2.05) is 37.3 Å². The van der Waals surface area contributed by atoms with Gasteiger partial charge in [0.25, 0.3) is 5.56 Å². The molecular weight excluding hydrogens is 442 g/mol. The molecule has 1 aromatic heterocycles. The summed E-state index contributed by atoms with van der Waals surface area (Å²) in [5.74, 6) is -2.24. The summed E-state index contributed by atoms with van der Waals surface area (Å²) in [5, 5.41) is 20.5. The molecule has 0 aliphatic rings. The number of carboxylic acids is 1. The SMILES string of the molecule is CCCC=CCC(CC(=O)Nc1cc(Cc2n[nH]c(=O)c3ccccc23)ccc1Cl)C(=O)O. The number of rotatable bonds is 10. The molecule has 0 spiro atoms. The minimum absolute atomic E-state index is 0.154. The number of aromatic amines is 1. The first-order valence-electron chi connectivity index (χ1n) is 10.8. The van der Waals surface area contributed by atoms with E-state index >= 15 is 0 Å². The summed E-state index contributed by atoms with van der Waals surface area (Å²) < 4.78 is 0. The Labute approximate surface area is 196 Å². The lowest BCUT2D eigenvalue weighted by Crippen LogP contribution is -2.22. The van der Waals surface area contributed by atoms with Crippen LogP contribution in [0.2, 0.25) is 5.02 Å². The van der Waals surface area contributed by atoms with Gasteiger partial charge in [-0.3, -0.25) is 14.4 Å². The van der Waals surface area contributed by atoms with Crippen LogP contribution in [0.15, 0.2) is 59.4 Å². The van der Waals surface area contributed by atoms with Crippen LogP contribution in [0.3, 0.4) is 0 Å². The number of hydrogen-bond donors (Lipinski definition) is 3. The third kappa shape index (κ3) is 6.52. The Morgan fingerprint density at radius 1 is 1.18 bits per heavy atom. The number of benzene rings is 2. The van der Waals surface area contributed by atoms with E-state index in [-0.39, 0.29) is 12.0 Å². The third-order valence-corrected chi connectivity index (χ3v) is 5.60. The average molecular weight is 468 g/mol. The highest BCUT2D eigenvalue weighted by atomic mass is 35.5. The Bertz CT molecular complexity index is 1240. The summed E-state index contributed by atoms with van der Waals surface area (Å²) in [6.45, 7) is 2.04. The lowest BCUT2D eigenvalue weighted by atomic mass is 10.0. The van der Waals surface area contributed by atoms with Gasteiger partial charge in [-0.05, 0) is 36.6 Å². The van der Waals surface area contributed by atoms with E-state index < -0.39 is 17.8 Å². The van der Waals surface area contributed by atoms with Gasteiger partial charge in [-0.15, -0.1) is 0 Å². The summed E-state index contributed by atoms with van der Waals surface area (Å²) in [7, 11) is 0. The number of allylic oxidation sites excluding steroid dienone is 2. The fourth-order valence-corrected chi connectivity index (χ4v) is 3.68. The van der Waals surface area contributed by atoms with Crippen molar-refractivity contribution in [3.05, 3.63) is 81.3 Å². The summed E-state index contributed by atoms with van der Waals surface area (Å²) >= 11 is 6.27. The second kappa shape index (κ2) is 11.4. The Balaban J connectivity index is 1.74. The predicted octanol–water partition coefficient (Wildman–Crippen LogP) is 4.94. The number of nitrogens with zero attached hydrogens (tertiary/aromatic N) is 1. The van der Waals surface area contributed by atoms with E-state index in [4.69, 9.17) is 11.6 Å². The highest BCUT2D eigenvalue weighted by molar-refractivity contribution is 6.33. The molecule has 2 aromatic carbocycles. The normalized spacial score (nSPS) is 12.2. The van der Waals surface area contributed by atoms with Crippen LogP contribution in [-0.4, -0.2) is 27.2 Å². The van der Waals surface area contributed by atoms with Gasteiger partial charge in [-0.25, -0.2) is 5.10 Å². The van der Waals surface area contributed by atoms with Crippen molar-refractivity contribution in [3.8, 4) is 0 Å². The van der Waals surface area contributed by atoms with E-state index in [1.165, 1.54) is 0 Å². The monoisotopic (exact) mass is 467 g/mol. The summed E-state index contributed by atoms with van der Waals surface area (Å²) in [4.78, 5) is 36.1. The van der Waals surface area contributed by atoms with Crippen LogP contribution in [0.4, 0.5) is 5.69 Å². The number of halogens is 1. The van der Waals surface area contributed by atoms with Gasteiger partial charge >= 0.3 is 5.97 Å². The van der Waals surface area contributed by atoms with Crippen LogP contribution < -0.4 is 10.9 Å². The Morgan fingerprint density at radius 2 is 1.94 bits per heavy atom. The number of aromatic nitrogens is 2. The number of nitrogens with one attached hydrogen (secondary N) is 2. The van der Waals surface area contributed by atoms with Crippen molar-refractivity contribution in [2.45, 2.75) is 39.0 Å². The highest BCUT2D eigenvalue weighted by Gasteiger charge is 2.20. The van der Waals surface area contributed by atoms with Crippen LogP contribution in [0.1, 0.15) is 43.9 Å². The summed E-state index contributed by atoms with van der Waals surface area (Å²) in [6.07, 6.45) is 6.15. The second-order valence-electron chi connectivity index (χ2n) is 7.82. The number of carbonyl (C=O) groups excluding carboxylic acids is 1. The zero-order chi connectivity index (χ0) is 23.8. The fourth-order valence-electron chi connectivity index (χ4n) is 3.52. The van der Waals surface area contributed by atoms with Gasteiger partial charge in [-0.1, -0.05) is 61.4 Å². The van der Waals surface area contributed by atoms with Gasteiger partial charge in [0.05, 0.1) is 27.7 Å². The molecule has 0 saturated carbocycles. The van der Waals surface area contributed by atoms with Gasteiger partial charge in [0.1, 0.15) is 0 Å². The van der Waals surface area contributed by atoms with Crippen molar-refractivity contribution >= 4 is 39.9 Å². The van der Waals surface area contributed by atoms with E-state index in [2.05, 4.69) is 15.5 Å². The van der Waals surface area contributed by atoms with Crippen molar-refractivity contribution in [2.75, 3.05) is 5.32 Å². The van der Waals surface area contributed by atoms with Gasteiger partial charge in [0.15, 0.2) is 0 Å². The van der Waals surface area contributed by atoms with Crippen molar-refractivity contribution < 1.29 is 14.7 Å². The highest BCUT2D eigenvalue weighted by Crippen LogP contribution is 2.26. The Hall–Kier alpha value is -3.45. The average Bonchev–Trinajstić information content (AvgIpc) is 2.80. The Kier molecular flexibility index (Phi) is 8.38. The van der Waals surface area contributed by atoms with Gasteiger partial charge in [0, 0.05) is 18.2 Å². The number of H-pyrrole nitrogens is 1. The lowest BCUT2D eigenvalue weighted by molar-refractivity contribution is -0.143. The molecule has 0 fully saturated rings. The zero-order valence-corrected chi connectivity index (χ0v) is 19.1. The predicted molar refractivity (Wildman–Crippen MR) is 130 cm³/mol. The first-order chi connectivity index (χ1) is 15.9. The quantitative estimate of drug-likeness (QED) is 0.365. The topological polar surface area (TPSA) is 112 Å². The van der Waals surface area contributed by atoms with Crippen LogP contribution >= 0.6 is 11.6 Å². The maximum Gasteiger partial charge on any atom is 0.307 e. The van der Waals surface area contributed by atoms with Gasteiger partial charge in [-0.2, -0.15) is 5.10 Å². The molecule has 3 rings (SSSR count). The number of hydrogen-bond acceptors (Lipinski definition) is 4. The Morgan fingerprint density at radius 3 is 2.67 bits per heavy atom. The van der Waals surface area contributed by atoms with Crippen LogP contribution in [-0.2, 0) is 16.0 Å². The molecule has 8 heteroatoms. The molecule has 172 valence electrons. The van der Waals surface area contributed by atoms with E-state index in [0.717, 1.165) is 23.8 Å². The van der Waals surface area contributed by atoms with Crippen molar-refractivity contribution in [3.63, 3.8) is 0 Å². The first-order valence-corrected chi connectivity index (χ1v) is 11.2. The van der Waals surface area contributed by atoms with Crippen molar-refractivity contribution in [2.24, 2.45) is 5.92 Å². The molecule has 33 heavy (non-hydrogen) atoms. The van der Waals surface area contributed by atoms with Crippen molar-refractivity contribution in [1.82, 2.24) is 10.2 Å². The number of unbranched alkanes of at least 4 members (excludes halogenated alkanes) is 1. The standard InChI is InChI=1S/C25H26ClN3O4/c1-2-3-4-5-8-17(25(32)33)15-23(30)27-22-14-16(11-12-20(22)26)13-21-18-9-6-7-10-19(18)24(31)29-28-21/h4-7,9-12,14,17H,2-3,8,13,15H2,1H3,(H,27,30)(H,29,31)(H,32,33). The minimum atomic E-state index is -1.01. The molecule has 0 saturated heterocycles. The molecule has 1 amide bonds. The summed E-state index contributed by atoms with van der Waals surface area (Å²) in [5.41, 5.74) is 1.67. The van der Waals surface area contributed by atoms with Gasteiger partial charge in [0.2, 0.25) is 5.91 Å². The van der Waals surface area contributed by atoms with E-state index in [1.54, 1.807) is 24.3 Å². The molecule has 0 radical (unpaired) electrons. The number of aliphatic carboxylic acids is 1. The smallest absolute Gasteiger partial charge is 0.307 e. The molecule has 7 nitrogen and oxygen atoms in total. The molecule has 1 heterocycles. The number of fused-ring (bicyclic) bond motifs is 1. The molecule has 1 atom stereocenters. The molecule has 0 aliphatic carbocycles. The third-order valence-electron chi connectivity index (χ3n) is 5.28. The number of carboxylic acid groups (broad SMARTS) is 1. The van der Waals surface area contributed by atoms with Crippen LogP contribution in [0.25, 0.3) is 10.8 Å². The van der Waals surface area contributed by atoms with Crippen LogP contribution in [0, 0.1) is 5.92 Å². The second-order valence-corrected chi connectivity index (χ2v) is 8.23. The number of carbonyl (C=O) groups is 2. The maximum atomic E-state index is 12.5.